The van der Waals surface area contributed by atoms with Gasteiger partial charge in [-0.25, -0.2) is 0 Å². The quantitative estimate of drug-likeness (QED) is 0.738. The summed E-state index contributed by atoms with van der Waals surface area (Å²) in [6, 6.07) is 12.2. The molecule has 0 spiro atoms. The predicted octanol–water partition coefficient (Wildman–Crippen LogP) is 3.40. The Morgan fingerprint density at radius 3 is 2.68 bits per heavy atom. The van der Waals surface area contributed by atoms with Crippen LogP contribution < -0.4 is 10.1 Å². The fraction of sp³-hybridized carbons (Fsp3) is 0.375. The average molecular weight is 259 g/mol. The maximum atomic E-state index is 5.68. The van der Waals surface area contributed by atoms with Crippen molar-refractivity contribution in [1.82, 2.24) is 5.32 Å². The minimum atomic E-state index is 0.733. The van der Waals surface area contributed by atoms with Crippen molar-refractivity contribution in [2.75, 3.05) is 13.2 Å². The van der Waals surface area contributed by atoms with Crippen LogP contribution in [-0.2, 0) is 13.0 Å². The Hall–Kier alpha value is -1.74. The number of hydrogen-bond acceptors (Lipinski definition) is 3. The second-order valence-electron chi connectivity index (χ2n) is 4.46. The van der Waals surface area contributed by atoms with E-state index in [0.29, 0.717) is 0 Å². The van der Waals surface area contributed by atoms with Gasteiger partial charge in [0.05, 0.1) is 19.4 Å². The molecule has 2 rings (SSSR count). The van der Waals surface area contributed by atoms with Crippen LogP contribution in [0.25, 0.3) is 0 Å². The van der Waals surface area contributed by atoms with Gasteiger partial charge in [-0.2, -0.15) is 0 Å². The number of aryl methyl sites for hydroxylation is 1. The van der Waals surface area contributed by atoms with Gasteiger partial charge in [-0.15, -0.1) is 0 Å². The molecule has 0 saturated carbocycles. The highest BCUT2D eigenvalue weighted by Crippen LogP contribution is 2.12. The van der Waals surface area contributed by atoms with E-state index < -0.39 is 0 Å². The van der Waals surface area contributed by atoms with Crippen molar-refractivity contribution in [2.45, 2.75) is 26.3 Å². The largest absolute Gasteiger partial charge is 0.494 e. The lowest BCUT2D eigenvalue weighted by Gasteiger charge is -2.07. The molecule has 0 saturated heterocycles. The van der Waals surface area contributed by atoms with E-state index in [2.05, 4.69) is 24.4 Å². The summed E-state index contributed by atoms with van der Waals surface area (Å²) in [5.41, 5.74) is 1.34. The van der Waals surface area contributed by atoms with Crippen molar-refractivity contribution in [3.05, 3.63) is 54.0 Å². The molecule has 3 heteroatoms. The van der Waals surface area contributed by atoms with Crippen molar-refractivity contribution < 1.29 is 9.15 Å². The summed E-state index contributed by atoms with van der Waals surface area (Å²) < 4.78 is 10.9. The number of nitrogens with one attached hydrogen (secondary N) is 1. The smallest absolute Gasteiger partial charge is 0.119 e. The molecular formula is C16H21NO2. The van der Waals surface area contributed by atoms with Crippen LogP contribution in [-0.4, -0.2) is 13.2 Å². The van der Waals surface area contributed by atoms with Gasteiger partial charge in [-0.05, 0) is 49.2 Å². The van der Waals surface area contributed by atoms with E-state index in [1.54, 1.807) is 6.26 Å². The fourth-order valence-electron chi connectivity index (χ4n) is 1.83. The molecule has 0 aliphatic heterocycles. The standard InChI is InChI=1S/C16H21NO2/c1-2-14-6-8-15(9-7-14)18-12-4-10-17-13-16-5-3-11-19-16/h3,5-9,11,17H,2,4,10,12-13H2,1H3. The Kier molecular flexibility index (Phi) is 5.50. The summed E-state index contributed by atoms with van der Waals surface area (Å²) in [6.07, 6.45) is 3.74. The molecular weight excluding hydrogens is 238 g/mol. The third-order valence-electron chi connectivity index (χ3n) is 2.98. The van der Waals surface area contributed by atoms with Crippen LogP contribution in [0.1, 0.15) is 24.7 Å². The number of hydrogen-bond donors (Lipinski definition) is 1. The van der Waals surface area contributed by atoms with Crippen molar-refractivity contribution in [1.29, 1.82) is 0 Å². The van der Waals surface area contributed by atoms with E-state index in [1.807, 2.05) is 24.3 Å². The summed E-state index contributed by atoms with van der Waals surface area (Å²) in [7, 11) is 0. The summed E-state index contributed by atoms with van der Waals surface area (Å²) in [4.78, 5) is 0. The minimum absolute atomic E-state index is 0.733. The summed E-state index contributed by atoms with van der Waals surface area (Å²) >= 11 is 0. The maximum absolute atomic E-state index is 5.68. The first-order chi connectivity index (χ1) is 9.38. The Balaban J connectivity index is 1.56. The first-order valence-corrected chi connectivity index (χ1v) is 6.83. The summed E-state index contributed by atoms with van der Waals surface area (Å²) in [6.45, 7) is 4.59. The zero-order valence-electron chi connectivity index (χ0n) is 11.4. The van der Waals surface area contributed by atoms with E-state index in [1.165, 1.54) is 5.56 Å². The lowest BCUT2D eigenvalue weighted by Crippen LogP contribution is -2.16. The summed E-state index contributed by atoms with van der Waals surface area (Å²) in [5, 5.41) is 3.32. The Morgan fingerprint density at radius 1 is 1.16 bits per heavy atom. The Morgan fingerprint density at radius 2 is 2.00 bits per heavy atom. The van der Waals surface area contributed by atoms with E-state index >= 15 is 0 Å². The molecule has 0 unspecified atom stereocenters. The number of rotatable bonds is 8. The van der Waals surface area contributed by atoms with Gasteiger partial charge in [0, 0.05) is 0 Å². The third kappa shape index (κ3) is 4.79. The maximum Gasteiger partial charge on any atom is 0.119 e. The number of benzene rings is 1. The molecule has 0 amide bonds. The fourth-order valence-corrected chi connectivity index (χ4v) is 1.83. The molecule has 0 radical (unpaired) electrons. The molecule has 19 heavy (non-hydrogen) atoms. The molecule has 2 aromatic rings. The van der Waals surface area contributed by atoms with Crippen molar-refractivity contribution in [2.24, 2.45) is 0 Å². The van der Waals surface area contributed by atoms with Crippen molar-refractivity contribution >= 4 is 0 Å². The molecule has 3 nitrogen and oxygen atoms in total. The highest BCUT2D eigenvalue weighted by atomic mass is 16.5. The van der Waals surface area contributed by atoms with E-state index in [4.69, 9.17) is 9.15 Å². The van der Waals surface area contributed by atoms with E-state index in [9.17, 15) is 0 Å². The first kappa shape index (κ1) is 13.7. The zero-order valence-corrected chi connectivity index (χ0v) is 11.4. The molecule has 0 bridgehead atoms. The second kappa shape index (κ2) is 7.64. The molecule has 1 aromatic heterocycles. The Labute approximate surface area is 114 Å². The Bertz CT molecular complexity index is 448. The van der Waals surface area contributed by atoms with Gasteiger partial charge in [0.15, 0.2) is 0 Å². The normalized spacial score (nSPS) is 10.6. The molecule has 0 aliphatic carbocycles. The zero-order chi connectivity index (χ0) is 13.3. The molecule has 1 N–H and O–H groups in total. The molecule has 102 valence electrons. The number of furan rings is 1. The van der Waals surface area contributed by atoms with Crippen LogP contribution in [0.2, 0.25) is 0 Å². The van der Waals surface area contributed by atoms with Gasteiger partial charge in [0.2, 0.25) is 0 Å². The van der Waals surface area contributed by atoms with Crippen molar-refractivity contribution in [3.63, 3.8) is 0 Å². The van der Waals surface area contributed by atoms with E-state index in [0.717, 1.165) is 44.0 Å². The van der Waals surface area contributed by atoms with Crippen LogP contribution in [0.15, 0.2) is 47.1 Å². The minimum Gasteiger partial charge on any atom is -0.494 e. The highest BCUT2D eigenvalue weighted by Gasteiger charge is 1.96. The molecule has 0 fully saturated rings. The van der Waals surface area contributed by atoms with Gasteiger partial charge in [-0.3, -0.25) is 0 Å². The lowest BCUT2D eigenvalue weighted by molar-refractivity contribution is 0.307. The van der Waals surface area contributed by atoms with Crippen LogP contribution in [0.5, 0.6) is 5.75 Å². The van der Waals surface area contributed by atoms with Crippen LogP contribution in [0.4, 0.5) is 0 Å². The molecule has 0 atom stereocenters. The van der Waals surface area contributed by atoms with Gasteiger partial charge in [-0.1, -0.05) is 19.1 Å². The second-order valence-corrected chi connectivity index (χ2v) is 4.46. The molecule has 0 aliphatic rings. The first-order valence-electron chi connectivity index (χ1n) is 6.83. The third-order valence-corrected chi connectivity index (χ3v) is 2.98. The SMILES string of the molecule is CCc1ccc(OCCCNCc2ccco2)cc1. The lowest BCUT2D eigenvalue weighted by atomic mass is 10.2. The van der Waals surface area contributed by atoms with Crippen molar-refractivity contribution in [3.8, 4) is 5.75 Å². The van der Waals surface area contributed by atoms with Gasteiger partial charge in [0.1, 0.15) is 11.5 Å². The molecule has 1 aromatic carbocycles. The van der Waals surface area contributed by atoms with Gasteiger partial charge < -0.3 is 14.5 Å². The topological polar surface area (TPSA) is 34.4 Å². The molecule has 1 heterocycles. The van der Waals surface area contributed by atoms with Gasteiger partial charge in [0.25, 0.3) is 0 Å². The van der Waals surface area contributed by atoms with Gasteiger partial charge >= 0.3 is 0 Å². The predicted molar refractivity (Wildman–Crippen MR) is 76.3 cm³/mol. The van der Waals surface area contributed by atoms with Crippen LogP contribution in [0, 0.1) is 0 Å². The monoisotopic (exact) mass is 259 g/mol. The highest BCUT2D eigenvalue weighted by molar-refractivity contribution is 5.27. The summed E-state index contributed by atoms with van der Waals surface area (Å²) in [5.74, 6) is 1.92. The van der Waals surface area contributed by atoms with Crippen LogP contribution in [0.3, 0.4) is 0 Å². The number of ether oxygens (including phenoxy) is 1. The van der Waals surface area contributed by atoms with E-state index in [-0.39, 0.29) is 0 Å². The average Bonchev–Trinajstić information content (AvgIpc) is 2.96. The van der Waals surface area contributed by atoms with Crippen LogP contribution >= 0.6 is 0 Å².